The topological polar surface area (TPSA) is 105 Å². The smallest absolute Gasteiger partial charge is 0.306 e. The fourth-order valence-corrected chi connectivity index (χ4v) is 5.30. The first-order valence-electron chi connectivity index (χ1n) is 11.1. The number of nitrogens with two attached hydrogens (primary N) is 1. The minimum Gasteiger partial charge on any atom is -0.492 e. The normalized spacial score (nSPS) is 18.6. The number of benzene rings is 3. The number of fused-ring (bicyclic) bond motifs is 2. The second kappa shape index (κ2) is 8.77. The van der Waals surface area contributed by atoms with E-state index in [1.807, 2.05) is 30.3 Å². The molecule has 3 aromatic carbocycles. The molecule has 5 rings (SSSR count). The summed E-state index contributed by atoms with van der Waals surface area (Å²) in [5.41, 5.74) is 5.32. The van der Waals surface area contributed by atoms with Gasteiger partial charge in [-0.15, -0.1) is 0 Å². The summed E-state index contributed by atoms with van der Waals surface area (Å²) in [6.45, 7) is 0.452. The van der Waals surface area contributed by atoms with Crippen LogP contribution < -0.4 is 14.6 Å². The minimum atomic E-state index is -3.73. The third-order valence-corrected chi connectivity index (χ3v) is 7.42. The van der Waals surface area contributed by atoms with E-state index in [0.717, 1.165) is 46.6 Å². The average Bonchev–Trinajstić information content (AvgIpc) is 3.42. The van der Waals surface area contributed by atoms with Gasteiger partial charge in [-0.05, 0) is 53.3 Å². The maximum absolute atomic E-state index is 11.6. The summed E-state index contributed by atoms with van der Waals surface area (Å²) in [4.78, 5) is 11.7. The van der Waals surface area contributed by atoms with Crippen molar-refractivity contribution in [3.05, 3.63) is 77.4 Å². The molecule has 8 heteroatoms. The number of sulfonamides is 1. The molecule has 2 N–H and O–H groups in total. The van der Waals surface area contributed by atoms with Crippen molar-refractivity contribution in [1.29, 1.82) is 0 Å². The van der Waals surface area contributed by atoms with Crippen molar-refractivity contribution in [2.75, 3.05) is 13.7 Å². The van der Waals surface area contributed by atoms with Crippen LogP contribution in [-0.2, 0) is 26.0 Å². The Kier molecular flexibility index (Phi) is 5.79. The zero-order valence-electron chi connectivity index (χ0n) is 18.7. The quantitative estimate of drug-likeness (QED) is 0.534. The highest BCUT2D eigenvalue weighted by molar-refractivity contribution is 7.89. The van der Waals surface area contributed by atoms with Crippen molar-refractivity contribution in [1.82, 2.24) is 0 Å². The van der Waals surface area contributed by atoms with Crippen LogP contribution in [0.4, 0.5) is 0 Å². The number of carbonyl (C=O) groups excluding carboxylic acids is 1. The van der Waals surface area contributed by atoms with Crippen LogP contribution >= 0.6 is 0 Å². The van der Waals surface area contributed by atoms with Crippen molar-refractivity contribution in [2.45, 2.75) is 36.2 Å². The van der Waals surface area contributed by atoms with Gasteiger partial charge < -0.3 is 14.2 Å². The molecule has 0 saturated heterocycles. The summed E-state index contributed by atoms with van der Waals surface area (Å²) in [5, 5.41) is 5.22. The summed E-state index contributed by atoms with van der Waals surface area (Å²) in [6.07, 6.45) is 1.89. The molecule has 1 aliphatic carbocycles. The van der Waals surface area contributed by atoms with Crippen molar-refractivity contribution < 1.29 is 27.4 Å². The lowest BCUT2D eigenvalue weighted by atomic mass is 9.97. The molecule has 2 atom stereocenters. The van der Waals surface area contributed by atoms with E-state index in [1.165, 1.54) is 24.8 Å². The standard InChI is InChI=1S/C26H25NO6S/c1-31-26(28)13-17-15-32-25-14-18(7-10-21(17)25)33-24-12-11-22-20(3-2-4-23(22)24)16-5-8-19(9-6-16)34(27,29)30/h2-10,14,17,24H,11-13,15H2,1H3,(H2,27,29,30)/t17?,24-/m1/s1. The van der Waals surface area contributed by atoms with Gasteiger partial charge in [0.1, 0.15) is 17.6 Å². The predicted octanol–water partition coefficient (Wildman–Crippen LogP) is 4.11. The lowest BCUT2D eigenvalue weighted by Gasteiger charge is -2.17. The molecule has 0 aromatic heterocycles. The van der Waals surface area contributed by atoms with E-state index in [4.69, 9.17) is 19.3 Å². The van der Waals surface area contributed by atoms with Crippen LogP contribution in [0.25, 0.3) is 11.1 Å². The lowest BCUT2D eigenvalue weighted by molar-refractivity contribution is -0.141. The van der Waals surface area contributed by atoms with E-state index in [1.54, 1.807) is 12.1 Å². The van der Waals surface area contributed by atoms with Gasteiger partial charge in [0.05, 0.1) is 25.0 Å². The Morgan fingerprint density at radius 1 is 1.09 bits per heavy atom. The molecular weight excluding hydrogens is 454 g/mol. The SMILES string of the molecule is COC(=O)CC1COc2cc(O[C@@H]3CCc4c(-c5ccc(S(N)(=O)=O)cc5)cccc43)ccc21. The van der Waals surface area contributed by atoms with Crippen LogP contribution in [0, 0.1) is 0 Å². The van der Waals surface area contributed by atoms with Gasteiger partial charge in [-0.2, -0.15) is 0 Å². The van der Waals surface area contributed by atoms with Crippen LogP contribution in [0.3, 0.4) is 0 Å². The first kappa shape index (κ1) is 22.4. The Morgan fingerprint density at radius 3 is 2.62 bits per heavy atom. The average molecular weight is 480 g/mol. The summed E-state index contributed by atoms with van der Waals surface area (Å²) in [7, 11) is -2.34. The summed E-state index contributed by atoms with van der Waals surface area (Å²) in [6, 6.07) is 18.5. The number of rotatable bonds is 6. The number of primary sulfonamides is 1. The Bertz CT molecular complexity index is 1350. The Hall–Kier alpha value is -3.36. The first-order chi connectivity index (χ1) is 16.3. The van der Waals surface area contributed by atoms with Crippen LogP contribution in [-0.4, -0.2) is 28.1 Å². The maximum Gasteiger partial charge on any atom is 0.306 e. The second-order valence-electron chi connectivity index (χ2n) is 8.58. The zero-order chi connectivity index (χ0) is 23.9. The number of esters is 1. The van der Waals surface area contributed by atoms with Gasteiger partial charge in [-0.25, -0.2) is 13.6 Å². The molecule has 3 aromatic rings. The minimum absolute atomic E-state index is 0.00749. The van der Waals surface area contributed by atoms with Gasteiger partial charge in [0, 0.05) is 17.5 Å². The van der Waals surface area contributed by atoms with E-state index in [2.05, 4.69) is 6.07 Å². The van der Waals surface area contributed by atoms with E-state index >= 15 is 0 Å². The largest absolute Gasteiger partial charge is 0.492 e. The Morgan fingerprint density at radius 2 is 1.88 bits per heavy atom. The van der Waals surface area contributed by atoms with E-state index < -0.39 is 10.0 Å². The maximum atomic E-state index is 11.6. The molecule has 0 spiro atoms. The van der Waals surface area contributed by atoms with E-state index in [-0.39, 0.29) is 22.9 Å². The zero-order valence-corrected chi connectivity index (χ0v) is 19.5. The third kappa shape index (κ3) is 4.26. The second-order valence-corrected chi connectivity index (χ2v) is 10.1. The number of hydrogen-bond donors (Lipinski definition) is 1. The molecule has 7 nitrogen and oxygen atoms in total. The summed E-state index contributed by atoms with van der Waals surface area (Å²) >= 11 is 0. The molecule has 0 bridgehead atoms. The Balaban J connectivity index is 1.36. The van der Waals surface area contributed by atoms with E-state index in [0.29, 0.717) is 13.0 Å². The van der Waals surface area contributed by atoms with Crippen molar-refractivity contribution >= 4 is 16.0 Å². The first-order valence-corrected chi connectivity index (χ1v) is 12.6. The summed E-state index contributed by atoms with van der Waals surface area (Å²) < 4.78 is 40.1. The van der Waals surface area contributed by atoms with Crippen molar-refractivity contribution in [3.63, 3.8) is 0 Å². The number of hydrogen-bond acceptors (Lipinski definition) is 6. The van der Waals surface area contributed by atoms with Gasteiger partial charge in [0.15, 0.2) is 0 Å². The highest BCUT2D eigenvalue weighted by Gasteiger charge is 2.29. The summed E-state index contributed by atoms with van der Waals surface area (Å²) in [5.74, 6) is 1.21. The molecule has 176 valence electrons. The number of carbonyl (C=O) groups is 1. The van der Waals surface area contributed by atoms with Gasteiger partial charge >= 0.3 is 5.97 Å². The van der Waals surface area contributed by atoms with Crippen molar-refractivity contribution in [3.8, 4) is 22.6 Å². The number of methoxy groups -OCH3 is 1. The molecule has 0 radical (unpaired) electrons. The molecule has 1 heterocycles. The predicted molar refractivity (Wildman–Crippen MR) is 126 cm³/mol. The monoisotopic (exact) mass is 479 g/mol. The van der Waals surface area contributed by atoms with Crippen LogP contribution in [0.15, 0.2) is 65.6 Å². The molecule has 0 fully saturated rings. The molecule has 0 saturated carbocycles. The van der Waals surface area contributed by atoms with Gasteiger partial charge in [0.25, 0.3) is 0 Å². The molecule has 1 aliphatic heterocycles. The molecular formula is C26H25NO6S. The highest BCUT2D eigenvalue weighted by atomic mass is 32.2. The fourth-order valence-electron chi connectivity index (χ4n) is 4.78. The third-order valence-electron chi connectivity index (χ3n) is 6.49. The van der Waals surface area contributed by atoms with Crippen molar-refractivity contribution in [2.24, 2.45) is 5.14 Å². The molecule has 1 unspecified atom stereocenters. The van der Waals surface area contributed by atoms with Gasteiger partial charge in [-0.1, -0.05) is 36.4 Å². The van der Waals surface area contributed by atoms with Crippen LogP contribution in [0.1, 0.15) is 41.6 Å². The van der Waals surface area contributed by atoms with Gasteiger partial charge in [0.2, 0.25) is 10.0 Å². The molecule has 0 amide bonds. The molecule has 2 aliphatic rings. The number of ether oxygens (including phenoxy) is 3. The van der Waals surface area contributed by atoms with Crippen LogP contribution in [0.2, 0.25) is 0 Å². The fraction of sp³-hybridized carbons (Fsp3) is 0.269. The highest BCUT2D eigenvalue weighted by Crippen LogP contribution is 2.43. The molecule has 34 heavy (non-hydrogen) atoms. The Labute approximate surface area is 198 Å². The van der Waals surface area contributed by atoms with E-state index in [9.17, 15) is 13.2 Å². The van der Waals surface area contributed by atoms with Crippen LogP contribution in [0.5, 0.6) is 11.5 Å². The van der Waals surface area contributed by atoms with Gasteiger partial charge in [-0.3, -0.25) is 4.79 Å². The lowest BCUT2D eigenvalue weighted by Crippen LogP contribution is -2.11.